The molecule has 5 nitrogen and oxygen atoms in total. The van der Waals surface area contributed by atoms with Crippen LogP contribution in [0.15, 0.2) is 23.3 Å². The molecule has 0 fully saturated rings. The highest BCUT2D eigenvalue weighted by atomic mass is 32.1. The fourth-order valence-corrected chi connectivity index (χ4v) is 2.32. The molecule has 2 heterocycles. The van der Waals surface area contributed by atoms with Gasteiger partial charge >= 0.3 is 0 Å². The highest BCUT2D eigenvalue weighted by molar-refractivity contribution is 7.07. The number of anilines is 1. The van der Waals surface area contributed by atoms with E-state index < -0.39 is 0 Å². The highest BCUT2D eigenvalue weighted by Gasteiger charge is 2.06. The van der Waals surface area contributed by atoms with Crippen LogP contribution in [0.2, 0.25) is 0 Å². The summed E-state index contributed by atoms with van der Waals surface area (Å²) in [6.07, 6.45) is 3.76. The second kappa shape index (κ2) is 7.31. The molecule has 0 radical (unpaired) electrons. The Bertz CT molecular complexity index is 495. The zero-order valence-electron chi connectivity index (χ0n) is 12.2. The summed E-state index contributed by atoms with van der Waals surface area (Å²) in [7, 11) is 1.98. The minimum Gasteiger partial charge on any atom is -0.338 e. The molecule has 0 atom stereocenters. The van der Waals surface area contributed by atoms with Gasteiger partial charge in [-0.25, -0.2) is 15.0 Å². The average molecular weight is 291 g/mol. The average Bonchev–Trinajstić information content (AvgIpc) is 2.92. The van der Waals surface area contributed by atoms with Crippen molar-refractivity contribution in [2.45, 2.75) is 26.9 Å². The van der Waals surface area contributed by atoms with Crippen LogP contribution in [0.3, 0.4) is 0 Å². The van der Waals surface area contributed by atoms with Crippen LogP contribution in [0.4, 0.5) is 5.95 Å². The van der Waals surface area contributed by atoms with E-state index in [0.717, 1.165) is 36.8 Å². The lowest BCUT2D eigenvalue weighted by atomic mass is 10.2. The lowest BCUT2D eigenvalue weighted by molar-refractivity contribution is 0.551. The van der Waals surface area contributed by atoms with Crippen LogP contribution in [0.5, 0.6) is 0 Å². The van der Waals surface area contributed by atoms with Gasteiger partial charge in [0.1, 0.15) is 0 Å². The van der Waals surface area contributed by atoms with Crippen LogP contribution in [0.25, 0.3) is 0 Å². The number of hydrogen-bond acceptors (Lipinski definition) is 6. The Morgan fingerprint density at radius 1 is 1.25 bits per heavy atom. The molecule has 0 spiro atoms. The molecule has 0 bridgehead atoms. The van der Waals surface area contributed by atoms with Crippen LogP contribution in [0.1, 0.15) is 25.1 Å². The molecule has 6 heteroatoms. The van der Waals surface area contributed by atoms with E-state index in [1.54, 1.807) is 11.3 Å². The first kappa shape index (κ1) is 14.9. The van der Waals surface area contributed by atoms with Crippen molar-refractivity contribution < 1.29 is 0 Å². The van der Waals surface area contributed by atoms with Gasteiger partial charge in [-0.1, -0.05) is 13.8 Å². The van der Waals surface area contributed by atoms with E-state index in [1.807, 2.05) is 35.2 Å². The zero-order chi connectivity index (χ0) is 14.4. The fraction of sp³-hybridized carbons (Fsp3) is 0.500. The first-order valence-corrected chi connectivity index (χ1v) is 7.69. The molecule has 0 aliphatic carbocycles. The summed E-state index contributed by atoms with van der Waals surface area (Å²) in [4.78, 5) is 15.1. The molecule has 0 saturated heterocycles. The van der Waals surface area contributed by atoms with Crippen molar-refractivity contribution in [2.24, 2.45) is 5.92 Å². The second-order valence-electron chi connectivity index (χ2n) is 5.25. The summed E-state index contributed by atoms with van der Waals surface area (Å²) in [5.41, 5.74) is 3.99. The third-order valence-corrected chi connectivity index (χ3v) is 3.43. The smallest absolute Gasteiger partial charge is 0.225 e. The monoisotopic (exact) mass is 291 g/mol. The van der Waals surface area contributed by atoms with E-state index in [2.05, 4.69) is 34.1 Å². The summed E-state index contributed by atoms with van der Waals surface area (Å²) in [6, 6.07) is 0. The van der Waals surface area contributed by atoms with Crippen LogP contribution < -0.4 is 10.2 Å². The van der Waals surface area contributed by atoms with Gasteiger partial charge in [0.2, 0.25) is 5.95 Å². The predicted molar refractivity (Wildman–Crippen MR) is 82.8 cm³/mol. The molecule has 1 N–H and O–H groups in total. The van der Waals surface area contributed by atoms with Crippen molar-refractivity contribution in [3.8, 4) is 0 Å². The van der Waals surface area contributed by atoms with Crippen molar-refractivity contribution in [1.82, 2.24) is 20.3 Å². The van der Waals surface area contributed by atoms with Crippen molar-refractivity contribution >= 4 is 17.3 Å². The van der Waals surface area contributed by atoms with Crippen LogP contribution in [-0.4, -0.2) is 28.5 Å². The number of nitrogens with zero attached hydrogens (tertiary/aromatic N) is 4. The van der Waals surface area contributed by atoms with Crippen molar-refractivity contribution in [1.29, 1.82) is 0 Å². The van der Waals surface area contributed by atoms with Gasteiger partial charge in [-0.3, -0.25) is 0 Å². The van der Waals surface area contributed by atoms with E-state index in [0.29, 0.717) is 5.92 Å². The van der Waals surface area contributed by atoms with Gasteiger partial charge in [-0.2, -0.15) is 0 Å². The Morgan fingerprint density at radius 2 is 2.00 bits per heavy atom. The molecule has 0 aromatic carbocycles. The van der Waals surface area contributed by atoms with Gasteiger partial charge in [0.05, 0.1) is 17.7 Å². The first-order chi connectivity index (χ1) is 9.65. The normalized spacial score (nSPS) is 11.0. The Morgan fingerprint density at radius 3 is 2.60 bits per heavy atom. The summed E-state index contributed by atoms with van der Waals surface area (Å²) in [5, 5.41) is 5.43. The maximum atomic E-state index is 4.41. The van der Waals surface area contributed by atoms with E-state index in [9.17, 15) is 0 Å². The minimum atomic E-state index is 0.652. The van der Waals surface area contributed by atoms with E-state index in [1.165, 1.54) is 0 Å². The molecule has 0 aliphatic heterocycles. The number of rotatable bonds is 7. The summed E-state index contributed by atoms with van der Waals surface area (Å²) >= 11 is 1.60. The topological polar surface area (TPSA) is 53.9 Å². The fourth-order valence-electron chi connectivity index (χ4n) is 1.77. The van der Waals surface area contributed by atoms with Crippen molar-refractivity contribution in [2.75, 3.05) is 18.5 Å². The third-order valence-electron chi connectivity index (χ3n) is 2.80. The molecule has 0 amide bonds. The lowest BCUT2D eigenvalue weighted by Gasteiger charge is -2.15. The Kier molecular flexibility index (Phi) is 5.43. The second-order valence-corrected chi connectivity index (χ2v) is 5.97. The Labute approximate surface area is 124 Å². The van der Waals surface area contributed by atoms with Crippen LogP contribution in [-0.2, 0) is 13.1 Å². The standard InChI is InChI=1S/C14H21N5S/c1-11(2)4-15-5-12-6-16-14(17-7-12)19(3)8-13-9-20-10-18-13/h6-7,9-11,15H,4-5,8H2,1-3H3. The summed E-state index contributed by atoms with van der Waals surface area (Å²) in [6.45, 7) is 6.94. The zero-order valence-corrected chi connectivity index (χ0v) is 13.0. The van der Waals surface area contributed by atoms with E-state index in [4.69, 9.17) is 0 Å². The minimum absolute atomic E-state index is 0.652. The molecular weight excluding hydrogens is 270 g/mol. The molecule has 0 aliphatic rings. The molecule has 2 aromatic heterocycles. The van der Waals surface area contributed by atoms with E-state index in [-0.39, 0.29) is 0 Å². The maximum Gasteiger partial charge on any atom is 0.225 e. The number of aromatic nitrogens is 3. The molecule has 20 heavy (non-hydrogen) atoms. The maximum absolute atomic E-state index is 4.41. The highest BCUT2D eigenvalue weighted by Crippen LogP contribution is 2.10. The largest absolute Gasteiger partial charge is 0.338 e. The van der Waals surface area contributed by atoms with Crippen molar-refractivity contribution in [3.05, 3.63) is 34.5 Å². The summed E-state index contributed by atoms with van der Waals surface area (Å²) in [5.74, 6) is 1.38. The van der Waals surface area contributed by atoms with Crippen molar-refractivity contribution in [3.63, 3.8) is 0 Å². The SMILES string of the molecule is CC(C)CNCc1cnc(N(C)Cc2cscn2)nc1. The number of hydrogen-bond donors (Lipinski definition) is 1. The first-order valence-electron chi connectivity index (χ1n) is 6.75. The quantitative estimate of drug-likeness (QED) is 0.848. The summed E-state index contributed by atoms with van der Waals surface area (Å²) < 4.78 is 0. The molecule has 2 aromatic rings. The van der Waals surface area contributed by atoms with Gasteiger partial charge in [0.15, 0.2) is 0 Å². The molecular formula is C14H21N5S. The molecule has 108 valence electrons. The van der Waals surface area contributed by atoms with Gasteiger partial charge < -0.3 is 10.2 Å². The number of nitrogens with one attached hydrogen (secondary N) is 1. The Hall–Kier alpha value is -1.53. The number of thiazole rings is 1. The molecule has 2 rings (SSSR count). The van der Waals surface area contributed by atoms with Gasteiger partial charge in [0, 0.05) is 36.9 Å². The van der Waals surface area contributed by atoms with E-state index >= 15 is 0 Å². The Balaban J connectivity index is 1.87. The van der Waals surface area contributed by atoms with Crippen LogP contribution in [0, 0.1) is 5.92 Å². The van der Waals surface area contributed by atoms with Gasteiger partial charge in [0.25, 0.3) is 0 Å². The predicted octanol–water partition coefficient (Wildman–Crippen LogP) is 2.32. The van der Waals surface area contributed by atoms with Gasteiger partial charge in [-0.15, -0.1) is 11.3 Å². The van der Waals surface area contributed by atoms with Crippen LogP contribution >= 0.6 is 11.3 Å². The van der Waals surface area contributed by atoms with Gasteiger partial charge in [-0.05, 0) is 12.5 Å². The molecule has 0 unspecified atom stereocenters. The molecule has 0 saturated carbocycles. The lowest BCUT2D eigenvalue weighted by Crippen LogP contribution is -2.21. The third kappa shape index (κ3) is 4.54.